The number of hydrogen-bond donors (Lipinski definition) is 0. The molecule has 1 aromatic carbocycles. The fourth-order valence-corrected chi connectivity index (χ4v) is 3.88. The summed E-state index contributed by atoms with van der Waals surface area (Å²) in [6.07, 6.45) is 3.85. The molecular weight excluding hydrogens is 334 g/mol. The number of ether oxygens (including phenoxy) is 1. The Hall–Kier alpha value is -2.89. The van der Waals surface area contributed by atoms with E-state index < -0.39 is 5.97 Å². The van der Waals surface area contributed by atoms with Crippen molar-refractivity contribution < 1.29 is 23.5 Å². The van der Waals surface area contributed by atoms with Crippen LogP contribution in [0.5, 0.6) is 5.75 Å². The topological polar surface area (TPSA) is 76.8 Å². The lowest BCUT2D eigenvalue weighted by atomic mass is 9.76. The second-order valence-corrected chi connectivity index (χ2v) is 7.01. The van der Waals surface area contributed by atoms with E-state index in [0.29, 0.717) is 11.6 Å². The van der Waals surface area contributed by atoms with Crippen LogP contribution in [0.15, 0.2) is 47.1 Å². The summed E-state index contributed by atoms with van der Waals surface area (Å²) in [6.45, 7) is 2.12. The minimum Gasteiger partial charge on any atom is -0.457 e. The minimum absolute atomic E-state index is 0.0868. The number of esters is 1. The minimum atomic E-state index is -0.631. The maximum atomic E-state index is 12.8. The molecule has 1 aromatic heterocycles. The van der Waals surface area contributed by atoms with Gasteiger partial charge in [-0.15, -0.1) is 0 Å². The van der Waals surface area contributed by atoms with Gasteiger partial charge < -0.3 is 9.15 Å². The van der Waals surface area contributed by atoms with Crippen molar-refractivity contribution in [1.82, 2.24) is 0 Å². The van der Waals surface area contributed by atoms with E-state index in [9.17, 15) is 14.4 Å². The van der Waals surface area contributed by atoms with Crippen LogP contribution in [-0.2, 0) is 9.59 Å². The number of amides is 2. The molecular formula is C20H19NO5. The number of carbonyl (C=O) groups is 3. The van der Waals surface area contributed by atoms with Gasteiger partial charge >= 0.3 is 5.97 Å². The standard InChI is InChI=1S/C20H19NO5/c1-12-7-8-15-16(10-12)19(23)21(18(15)22)13-4-2-5-14(11-13)26-20(24)17-6-3-9-25-17/h2-6,9,11-12,15-16H,7-8,10H2,1H3/t12-,15+,16+/m0/s1. The summed E-state index contributed by atoms with van der Waals surface area (Å²) in [7, 11) is 0. The van der Waals surface area contributed by atoms with Gasteiger partial charge in [-0.25, -0.2) is 9.69 Å². The van der Waals surface area contributed by atoms with Gasteiger partial charge in [-0.05, 0) is 49.4 Å². The Balaban J connectivity index is 1.57. The predicted molar refractivity (Wildman–Crippen MR) is 92.6 cm³/mol. The van der Waals surface area contributed by atoms with E-state index in [0.717, 1.165) is 19.3 Å². The average Bonchev–Trinajstić information content (AvgIpc) is 3.23. The molecule has 1 saturated carbocycles. The number of fused-ring (bicyclic) bond motifs is 1. The molecule has 134 valence electrons. The molecule has 0 N–H and O–H groups in total. The van der Waals surface area contributed by atoms with E-state index in [4.69, 9.17) is 9.15 Å². The van der Waals surface area contributed by atoms with Crippen molar-refractivity contribution in [3.05, 3.63) is 48.4 Å². The largest absolute Gasteiger partial charge is 0.457 e. The summed E-state index contributed by atoms with van der Waals surface area (Å²) in [5, 5.41) is 0. The monoisotopic (exact) mass is 353 g/mol. The first-order valence-electron chi connectivity index (χ1n) is 8.78. The molecule has 0 spiro atoms. The Labute approximate surface area is 150 Å². The molecule has 0 radical (unpaired) electrons. The summed E-state index contributed by atoms with van der Waals surface area (Å²) < 4.78 is 10.3. The molecule has 4 rings (SSSR count). The highest BCUT2D eigenvalue weighted by molar-refractivity contribution is 6.22. The number of furan rings is 1. The molecule has 1 saturated heterocycles. The number of nitrogens with zero attached hydrogens (tertiary/aromatic N) is 1. The third kappa shape index (κ3) is 2.81. The van der Waals surface area contributed by atoms with Crippen LogP contribution in [0, 0.1) is 17.8 Å². The lowest BCUT2D eigenvalue weighted by molar-refractivity contribution is -0.122. The fraction of sp³-hybridized carbons (Fsp3) is 0.350. The zero-order chi connectivity index (χ0) is 18.3. The second-order valence-electron chi connectivity index (χ2n) is 7.01. The highest BCUT2D eigenvalue weighted by Gasteiger charge is 2.50. The van der Waals surface area contributed by atoms with E-state index in [1.807, 2.05) is 0 Å². The molecule has 0 unspecified atom stereocenters. The average molecular weight is 353 g/mol. The smallest absolute Gasteiger partial charge is 0.379 e. The fourth-order valence-electron chi connectivity index (χ4n) is 3.88. The van der Waals surface area contributed by atoms with E-state index in [1.165, 1.54) is 23.3 Å². The Morgan fingerprint density at radius 1 is 1.12 bits per heavy atom. The number of anilines is 1. The van der Waals surface area contributed by atoms with Crippen LogP contribution in [0.2, 0.25) is 0 Å². The van der Waals surface area contributed by atoms with Gasteiger partial charge in [0.15, 0.2) is 0 Å². The molecule has 3 atom stereocenters. The predicted octanol–water partition coefficient (Wildman–Crippen LogP) is 3.42. The van der Waals surface area contributed by atoms with Crippen LogP contribution in [0.25, 0.3) is 0 Å². The van der Waals surface area contributed by atoms with Gasteiger partial charge in [0.1, 0.15) is 5.75 Å². The first kappa shape index (κ1) is 16.6. The molecule has 2 aromatic rings. The van der Waals surface area contributed by atoms with Gasteiger partial charge in [0.05, 0.1) is 23.8 Å². The molecule has 2 fully saturated rings. The van der Waals surface area contributed by atoms with Crippen LogP contribution in [0.1, 0.15) is 36.7 Å². The lowest BCUT2D eigenvalue weighted by Gasteiger charge is -2.25. The number of carbonyl (C=O) groups excluding carboxylic acids is 3. The molecule has 2 amide bonds. The zero-order valence-electron chi connectivity index (χ0n) is 14.4. The molecule has 6 heteroatoms. The highest BCUT2D eigenvalue weighted by Crippen LogP contribution is 2.42. The van der Waals surface area contributed by atoms with Crippen molar-refractivity contribution in [1.29, 1.82) is 0 Å². The Kier molecular flexibility index (Phi) is 4.11. The molecule has 2 heterocycles. The quantitative estimate of drug-likeness (QED) is 0.480. The second kappa shape index (κ2) is 6.44. The van der Waals surface area contributed by atoms with Crippen LogP contribution in [-0.4, -0.2) is 17.8 Å². The highest BCUT2D eigenvalue weighted by atomic mass is 16.5. The van der Waals surface area contributed by atoms with Crippen molar-refractivity contribution in [2.45, 2.75) is 26.2 Å². The molecule has 26 heavy (non-hydrogen) atoms. The Morgan fingerprint density at radius 2 is 1.92 bits per heavy atom. The third-order valence-electron chi connectivity index (χ3n) is 5.20. The summed E-state index contributed by atoms with van der Waals surface area (Å²) >= 11 is 0. The number of imide groups is 1. The third-order valence-corrected chi connectivity index (χ3v) is 5.20. The molecule has 0 bridgehead atoms. The maximum Gasteiger partial charge on any atom is 0.379 e. The van der Waals surface area contributed by atoms with Crippen LogP contribution in [0.4, 0.5) is 5.69 Å². The van der Waals surface area contributed by atoms with Crippen molar-refractivity contribution in [3.8, 4) is 5.75 Å². The number of benzene rings is 1. The maximum absolute atomic E-state index is 12.8. The van der Waals surface area contributed by atoms with Gasteiger partial charge in [0.25, 0.3) is 0 Å². The SMILES string of the molecule is C[C@H]1CC[C@H]2C(=O)N(c3cccc(OC(=O)c4ccco4)c3)C(=O)[C@@H]2C1. The van der Waals surface area contributed by atoms with Gasteiger partial charge in [-0.2, -0.15) is 0 Å². The Morgan fingerprint density at radius 3 is 2.69 bits per heavy atom. The summed E-state index contributed by atoms with van der Waals surface area (Å²) in [5.74, 6) is -0.602. The normalized spacial score (nSPS) is 25.3. The summed E-state index contributed by atoms with van der Waals surface area (Å²) in [6, 6.07) is 9.58. The van der Waals surface area contributed by atoms with Gasteiger partial charge in [0, 0.05) is 6.07 Å². The summed E-state index contributed by atoms with van der Waals surface area (Å²) in [4.78, 5) is 38.8. The van der Waals surface area contributed by atoms with Gasteiger partial charge in [-0.1, -0.05) is 13.0 Å². The van der Waals surface area contributed by atoms with Crippen molar-refractivity contribution >= 4 is 23.5 Å². The summed E-state index contributed by atoms with van der Waals surface area (Å²) in [5.41, 5.74) is 0.437. The first-order valence-corrected chi connectivity index (χ1v) is 8.78. The Bertz CT molecular complexity index is 857. The van der Waals surface area contributed by atoms with Crippen LogP contribution < -0.4 is 9.64 Å². The van der Waals surface area contributed by atoms with Crippen molar-refractivity contribution in [2.75, 3.05) is 4.90 Å². The number of hydrogen-bond acceptors (Lipinski definition) is 5. The zero-order valence-corrected chi connectivity index (χ0v) is 14.4. The molecule has 2 aliphatic rings. The van der Waals surface area contributed by atoms with E-state index in [1.54, 1.807) is 24.3 Å². The first-order chi connectivity index (χ1) is 12.5. The lowest BCUT2D eigenvalue weighted by Crippen LogP contribution is -2.30. The van der Waals surface area contributed by atoms with Crippen LogP contribution >= 0.6 is 0 Å². The molecule has 1 aliphatic heterocycles. The van der Waals surface area contributed by atoms with E-state index in [2.05, 4.69) is 6.92 Å². The number of rotatable bonds is 3. The van der Waals surface area contributed by atoms with E-state index >= 15 is 0 Å². The van der Waals surface area contributed by atoms with E-state index in [-0.39, 0.29) is 35.2 Å². The van der Waals surface area contributed by atoms with Gasteiger partial charge in [0.2, 0.25) is 17.6 Å². The molecule has 6 nitrogen and oxygen atoms in total. The van der Waals surface area contributed by atoms with Crippen LogP contribution in [0.3, 0.4) is 0 Å². The van der Waals surface area contributed by atoms with Gasteiger partial charge in [-0.3, -0.25) is 9.59 Å². The van der Waals surface area contributed by atoms with Crippen molar-refractivity contribution in [3.63, 3.8) is 0 Å². The molecule has 1 aliphatic carbocycles. The van der Waals surface area contributed by atoms with Crippen molar-refractivity contribution in [2.24, 2.45) is 17.8 Å².